The van der Waals surface area contributed by atoms with Gasteiger partial charge in [-0.2, -0.15) is 0 Å². The largest absolute Gasteiger partial charge is 0.453 e. The molecule has 2 aromatic rings. The number of carbonyl (C=O) groups excluding carboxylic acids is 2. The van der Waals surface area contributed by atoms with E-state index in [-0.39, 0.29) is 17.8 Å². The van der Waals surface area contributed by atoms with Gasteiger partial charge in [0, 0.05) is 31.1 Å². The highest BCUT2D eigenvalue weighted by molar-refractivity contribution is 5.86. The van der Waals surface area contributed by atoms with Crippen molar-refractivity contribution in [2.24, 2.45) is 17.6 Å². The third-order valence-corrected chi connectivity index (χ3v) is 7.83. The van der Waals surface area contributed by atoms with E-state index in [1.54, 1.807) is 24.3 Å². The minimum atomic E-state index is -1.87. The second-order valence-corrected chi connectivity index (χ2v) is 10.4. The predicted octanol–water partition coefficient (Wildman–Crippen LogP) is 3.02. The number of nitrogens with two attached hydrogens (primary N) is 1. The lowest BCUT2D eigenvalue weighted by Crippen LogP contribution is -2.65. The number of esters is 1. The number of nitrogens with zero attached hydrogens (tertiary/aromatic N) is 1. The molecule has 3 N–H and O–H groups in total. The molecule has 6 nitrogen and oxygen atoms in total. The topological polar surface area (TPSA) is 89.6 Å². The summed E-state index contributed by atoms with van der Waals surface area (Å²) in [6.45, 7) is 7.32. The number of hydrogen-bond acceptors (Lipinski definition) is 5. The third kappa shape index (κ3) is 4.81. The van der Waals surface area contributed by atoms with E-state index in [4.69, 9.17) is 10.5 Å². The molecular weight excluding hydrogens is 428 g/mol. The number of ketones is 1. The van der Waals surface area contributed by atoms with Crippen LogP contribution in [0.1, 0.15) is 44.2 Å². The first-order valence-electron chi connectivity index (χ1n) is 12.4. The van der Waals surface area contributed by atoms with Gasteiger partial charge in [0.2, 0.25) is 5.60 Å². The Hall–Kier alpha value is -2.54. The SMILES string of the molecule is CC(C)C(=O)C(N)CC[N+]12CCC(CC1)[C@@H](OC(=O)C(O)(c1ccccc1)c1ccccc1)C2. The van der Waals surface area contributed by atoms with E-state index in [0.29, 0.717) is 30.0 Å². The predicted molar refractivity (Wildman–Crippen MR) is 131 cm³/mol. The molecule has 0 amide bonds. The van der Waals surface area contributed by atoms with Crippen LogP contribution < -0.4 is 5.73 Å². The van der Waals surface area contributed by atoms with Crippen molar-refractivity contribution in [2.75, 3.05) is 26.2 Å². The zero-order valence-corrected chi connectivity index (χ0v) is 20.2. The number of rotatable bonds is 9. The molecule has 3 aliphatic heterocycles. The zero-order chi connectivity index (χ0) is 24.3. The Labute approximate surface area is 202 Å². The first-order chi connectivity index (χ1) is 16.2. The lowest BCUT2D eigenvalue weighted by atomic mass is 9.82. The maximum absolute atomic E-state index is 13.6. The Bertz CT molecular complexity index is 944. The minimum absolute atomic E-state index is 0.0653. The molecule has 2 aromatic carbocycles. The molecular formula is C28H37N2O4+. The Morgan fingerprint density at radius 2 is 1.56 bits per heavy atom. The molecule has 0 radical (unpaired) electrons. The first-order valence-corrected chi connectivity index (χ1v) is 12.4. The molecule has 3 heterocycles. The van der Waals surface area contributed by atoms with Crippen molar-refractivity contribution in [1.29, 1.82) is 0 Å². The summed E-state index contributed by atoms with van der Waals surface area (Å²) < 4.78 is 6.94. The monoisotopic (exact) mass is 465 g/mol. The standard InChI is InChI=1S/C28H37N2O4/c1-20(2)26(31)24(29)15-18-30-16-13-21(14-17-30)25(19-30)34-27(32)28(33,22-9-5-3-6-10-22)23-11-7-4-8-12-23/h3-12,20-21,24-25,33H,13-19,29H2,1-2H3/q+1/t21?,24?,25-,30?/m0/s1. The van der Waals surface area contributed by atoms with Gasteiger partial charge in [-0.05, 0) is 11.1 Å². The van der Waals surface area contributed by atoms with Crippen molar-refractivity contribution in [3.63, 3.8) is 0 Å². The van der Waals surface area contributed by atoms with Gasteiger partial charge in [-0.3, -0.25) is 4.79 Å². The summed E-state index contributed by atoms with van der Waals surface area (Å²) in [4.78, 5) is 25.9. The Morgan fingerprint density at radius 1 is 1.03 bits per heavy atom. The van der Waals surface area contributed by atoms with E-state index in [0.717, 1.165) is 37.0 Å². The van der Waals surface area contributed by atoms with Gasteiger partial charge < -0.3 is 20.1 Å². The summed E-state index contributed by atoms with van der Waals surface area (Å²) in [6.07, 6.45) is 2.33. The zero-order valence-electron chi connectivity index (χ0n) is 20.2. The van der Waals surface area contributed by atoms with Crippen molar-refractivity contribution in [2.45, 2.75) is 50.9 Å². The summed E-state index contributed by atoms with van der Waals surface area (Å²) in [7, 11) is 0. The average Bonchev–Trinajstić information content (AvgIpc) is 2.88. The minimum Gasteiger partial charge on any atom is -0.453 e. The second-order valence-electron chi connectivity index (χ2n) is 10.4. The third-order valence-electron chi connectivity index (χ3n) is 7.83. The lowest BCUT2D eigenvalue weighted by Gasteiger charge is -2.52. The van der Waals surface area contributed by atoms with Gasteiger partial charge in [-0.25, -0.2) is 4.79 Å². The number of ether oxygens (including phenoxy) is 1. The number of Topliss-reactive ketones (excluding diaryl/α,β-unsaturated/α-hetero) is 1. The van der Waals surface area contributed by atoms with Crippen LogP contribution in [0.2, 0.25) is 0 Å². The molecule has 3 fully saturated rings. The van der Waals surface area contributed by atoms with E-state index in [9.17, 15) is 14.7 Å². The van der Waals surface area contributed by atoms with Crippen LogP contribution in [0.3, 0.4) is 0 Å². The fourth-order valence-corrected chi connectivity index (χ4v) is 5.64. The van der Waals surface area contributed by atoms with Crippen LogP contribution in [0.5, 0.6) is 0 Å². The summed E-state index contributed by atoms with van der Waals surface area (Å²) in [5, 5.41) is 11.7. The van der Waals surface area contributed by atoms with E-state index < -0.39 is 17.6 Å². The van der Waals surface area contributed by atoms with Crippen molar-refractivity contribution < 1.29 is 23.9 Å². The van der Waals surface area contributed by atoms with E-state index in [1.165, 1.54) is 0 Å². The van der Waals surface area contributed by atoms with Gasteiger partial charge in [-0.1, -0.05) is 74.5 Å². The maximum Gasteiger partial charge on any atom is 0.348 e. The highest BCUT2D eigenvalue weighted by atomic mass is 16.6. The smallest absolute Gasteiger partial charge is 0.348 e. The van der Waals surface area contributed by atoms with Crippen molar-refractivity contribution >= 4 is 11.8 Å². The van der Waals surface area contributed by atoms with Gasteiger partial charge in [0.1, 0.15) is 6.54 Å². The van der Waals surface area contributed by atoms with Crippen LogP contribution in [-0.4, -0.2) is 59.7 Å². The molecule has 5 rings (SSSR count). The molecule has 182 valence electrons. The number of hydrogen-bond donors (Lipinski definition) is 2. The first kappa shape index (κ1) is 24.6. The quantitative estimate of drug-likeness (QED) is 0.439. The van der Waals surface area contributed by atoms with Gasteiger partial charge in [0.05, 0.1) is 25.7 Å². The molecule has 1 unspecified atom stereocenters. The molecule has 6 heteroatoms. The number of aliphatic hydroxyl groups is 1. The molecule has 3 saturated heterocycles. The normalized spacial score (nSPS) is 25.2. The molecule has 0 aliphatic carbocycles. The molecule has 3 aliphatic rings. The Balaban J connectivity index is 1.51. The number of fused-ring (bicyclic) bond motifs is 3. The average molecular weight is 466 g/mol. The van der Waals surface area contributed by atoms with E-state index >= 15 is 0 Å². The second kappa shape index (κ2) is 9.98. The van der Waals surface area contributed by atoms with Gasteiger partial charge >= 0.3 is 5.97 Å². The number of piperidine rings is 3. The van der Waals surface area contributed by atoms with Crippen LogP contribution in [0.15, 0.2) is 60.7 Å². The van der Waals surface area contributed by atoms with Crippen LogP contribution in [0.4, 0.5) is 0 Å². The van der Waals surface area contributed by atoms with Crippen LogP contribution >= 0.6 is 0 Å². The molecule has 2 bridgehead atoms. The van der Waals surface area contributed by atoms with E-state index in [2.05, 4.69) is 0 Å². The fourth-order valence-electron chi connectivity index (χ4n) is 5.64. The van der Waals surface area contributed by atoms with Crippen molar-refractivity contribution in [3.05, 3.63) is 71.8 Å². The van der Waals surface area contributed by atoms with Crippen molar-refractivity contribution in [3.8, 4) is 0 Å². The highest BCUT2D eigenvalue weighted by Gasteiger charge is 2.50. The molecule has 0 spiro atoms. The van der Waals surface area contributed by atoms with E-state index in [1.807, 2.05) is 50.2 Å². The number of benzene rings is 2. The van der Waals surface area contributed by atoms with Crippen molar-refractivity contribution in [1.82, 2.24) is 0 Å². The Morgan fingerprint density at radius 3 is 2.06 bits per heavy atom. The van der Waals surface area contributed by atoms with Crippen LogP contribution in [-0.2, 0) is 19.9 Å². The molecule has 0 aromatic heterocycles. The molecule has 34 heavy (non-hydrogen) atoms. The number of carbonyl (C=O) groups is 2. The number of quaternary nitrogens is 1. The summed E-state index contributed by atoms with van der Waals surface area (Å²) in [5.41, 5.74) is 5.31. The lowest BCUT2D eigenvalue weighted by molar-refractivity contribution is -0.946. The van der Waals surface area contributed by atoms with Crippen LogP contribution in [0, 0.1) is 11.8 Å². The van der Waals surface area contributed by atoms with Gasteiger partial charge in [0.15, 0.2) is 11.9 Å². The summed E-state index contributed by atoms with van der Waals surface area (Å²) >= 11 is 0. The fraction of sp³-hybridized carbons (Fsp3) is 0.500. The maximum atomic E-state index is 13.6. The van der Waals surface area contributed by atoms with Crippen LogP contribution in [0.25, 0.3) is 0 Å². The van der Waals surface area contributed by atoms with Gasteiger partial charge in [0.25, 0.3) is 0 Å². The molecule has 0 saturated carbocycles. The highest BCUT2D eigenvalue weighted by Crippen LogP contribution is 2.38. The molecule has 2 atom stereocenters. The summed E-state index contributed by atoms with van der Waals surface area (Å²) in [5.74, 6) is -0.299. The van der Waals surface area contributed by atoms with Gasteiger partial charge in [-0.15, -0.1) is 0 Å². The summed E-state index contributed by atoms with van der Waals surface area (Å²) in [6, 6.07) is 17.5. The Kier molecular flexibility index (Phi) is 7.22.